The summed E-state index contributed by atoms with van der Waals surface area (Å²) in [7, 11) is 0. The second kappa shape index (κ2) is 6.48. The van der Waals surface area contributed by atoms with Crippen LogP contribution in [-0.2, 0) is 6.42 Å². The number of hydrogen-bond donors (Lipinski definition) is 1. The maximum atomic E-state index is 8.84. The largest absolute Gasteiger partial charge is 0.355 e. The molecule has 3 rings (SSSR count). The Kier molecular flexibility index (Phi) is 4.39. The van der Waals surface area contributed by atoms with Crippen LogP contribution in [0.5, 0.6) is 0 Å². The number of rotatable bonds is 4. The van der Waals surface area contributed by atoms with E-state index >= 15 is 0 Å². The number of aryl methyl sites for hydroxylation is 4. The van der Waals surface area contributed by atoms with Crippen molar-refractivity contribution in [3.8, 4) is 6.07 Å². The molecular weight excluding hydrogens is 298 g/mol. The number of nitrogens with zero attached hydrogens (tertiary/aromatic N) is 4. The molecule has 1 aromatic carbocycles. The summed E-state index contributed by atoms with van der Waals surface area (Å²) in [5.74, 6) is 1.60. The first-order valence-electron chi connectivity index (χ1n) is 8.34. The zero-order chi connectivity index (χ0) is 17.3. The molecule has 0 fully saturated rings. The molecule has 1 aromatic heterocycles. The van der Waals surface area contributed by atoms with Gasteiger partial charge in [-0.1, -0.05) is 17.7 Å². The molecule has 1 N–H and O–H groups in total. The lowest BCUT2D eigenvalue weighted by molar-refractivity contribution is 0.822. The lowest BCUT2D eigenvalue weighted by Crippen LogP contribution is -2.22. The summed E-state index contributed by atoms with van der Waals surface area (Å²) in [5, 5.41) is 12.2. The van der Waals surface area contributed by atoms with Crippen molar-refractivity contribution in [3.05, 3.63) is 40.1 Å². The van der Waals surface area contributed by atoms with Gasteiger partial charge < -0.3 is 10.2 Å². The molecule has 0 atom stereocenters. The molecule has 124 valence electrons. The summed E-state index contributed by atoms with van der Waals surface area (Å²) in [6.45, 7) is 9.98. The predicted octanol–water partition coefficient (Wildman–Crippen LogP) is 3.73. The maximum absolute atomic E-state index is 8.84. The van der Waals surface area contributed by atoms with Crippen LogP contribution in [0.3, 0.4) is 0 Å². The summed E-state index contributed by atoms with van der Waals surface area (Å²) in [4.78, 5) is 11.6. The number of aromatic nitrogens is 2. The van der Waals surface area contributed by atoms with Crippen molar-refractivity contribution < 1.29 is 0 Å². The van der Waals surface area contributed by atoms with Gasteiger partial charge in [0.05, 0.1) is 12.5 Å². The van der Waals surface area contributed by atoms with Crippen molar-refractivity contribution in [1.82, 2.24) is 9.97 Å². The molecule has 5 heteroatoms. The van der Waals surface area contributed by atoms with Gasteiger partial charge in [0.15, 0.2) is 0 Å². The molecule has 2 heterocycles. The number of anilines is 3. The molecule has 24 heavy (non-hydrogen) atoms. The van der Waals surface area contributed by atoms with Crippen LogP contribution in [0.1, 0.15) is 34.4 Å². The first-order valence-corrected chi connectivity index (χ1v) is 8.34. The molecule has 1 aliphatic heterocycles. The van der Waals surface area contributed by atoms with Crippen molar-refractivity contribution in [2.75, 3.05) is 23.3 Å². The molecule has 0 aliphatic carbocycles. The Labute approximate surface area is 143 Å². The monoisotopic (exact) mass is 321 g/mol. The van der Waals surface area contributed by atoms with Crippen LogP contribution in [0.2, 0.25) is 0 Å². The van der Waals surface area contributed by atoms with Gasteiger partial charge in [-0.2, -0.15) is 10.2 Å². The van der Waals surface area contributed by atoms with Crippen LogP contribution >= 0.6 is 0 Å². The van der Waals surface area contributed by atoms with Gasteiger partial charge in [0.2, 0.25) is 5.95 Å². The highest BCUT2D eigenvalue weighted by molar-refractivity contribution is 5.66. The van der Waals surface area contributed by atoms with Crippen molar-refractivity contribution in [2.45, 2.75) is 40.5 Å². The predicted molar refractivity (Wildman–Crippen MR) is 96.9 cm³/mol. The molecule has 5 nitrogen and oxygen atoms in total. The lowest BCUT2D eigenvalue weighted by atomic mass is 10.1. The highest BCUT2D eigenvalue weighted by Gasteiger charge is 2.24. The minimum absolute atomic E-state index is 0.515. The van der Waals surface area contributed by atoms with Gasteiger partial charge in [-0.05, 0) is 45.2 Å². The minimum Gasteiger partial charge on any atom is -0.355 e. The zero-order valence-corrected chi connectivity index (χ0v) is 14.8. The van der Waals surface area contributed by atoms with Crippen molar-refractivity contribution in [2.24, 2.45) is 0 Å². The number of fused-ring (bicyclic) bond motifs is 1. The molecule has 0 amide bonds. The fourth-order valence-electron chi connectivity index (χ4n) is 3.44. The second-order valence-corrected chi connectivity index (χ2v) is 6.48. The average molecular weight is 321 g/mol. The van der Waals surface area contributed by atoms with E-state index in [0.717, 1.165) is 36.7 Å². The number of benzene rings is 1. The third kappa shape index (κ3) is 3.05. The SMILES string of the molecule is Cc1cc(C)c(Nc2nc(C)c3c(n2)N(CCC#N)CC3)c(C)c1. The summed E-state index contributed by atoms with van der Waals surface area (Å²) >= 11 is 0. The van der Waals surface area contributed by atoms with Crippen LogP contribution in [0.25, 0.3) is 0 Å². The molecule has 0 saturated heterocycles. The van der Waals surface area contributed by atoms with Crippen LogP contribution in [0.15, 0.2) is 12.1 Å². The van der Waals surface area contributed by atoms with Gasteiger partial charge in [0.25, 0.3) is 0 Å². The molecule has 0 radical (unpaired) electrons. The highest BCUT2D eigenvalue weighted by Crippen LogP contribution is 2.31. The summed E-state index contributed by atoms with van der Waals surface area (Å²) in [6, 6.07) is 6.54. The Morgan fingerprint density at radius 2 is 1.88 bits per heavy atom. The molecule has 0 unspecified atom stereocenters. The Hall–Kier alpha value is -2.61. The van der Waals surface area contributed by atoms with Gasteiger partial charge in [-0.25, -0.2) is 4.98 Å². The third-order valence-corrected chi connectivity index (χ3v) is 4.53. The Morgan fingerprint density at radius 1 is 1.17 bits per heavy atom. The molecule has 0 bridgehead atoms. The average Bonchev–Trinajstić information content (AvgIpc) is 2.92. The van der Waals surface area contributed by atoms with Crippen LogP contribution in [0.4, 0.5) is 17.5 Å². The van der Waals surface area contributed by atoms with E-state index in [1.807, 2.05) is 6.92 Å². The molecular formula is C19H23N5. The maximum Gasteiger partial charge on any atom is 0.229 e. The fraction of sp³-hybridized carbons (Fsp3) is 0.421. The van der Waals surface area contributed by atoms with E-state index in [0.29, 0.717) is 12.4 Å². The Balaban J connectivity index is 1.94. The van der Waals surface area contributed by atoms with Crippen molar-refractivity contribution >= 4 is 17.5 Å². The van der Waals surface area contributed by atoms with E-state index in [4.69, 9.17) is 10.2 Å². The van der Waals surface area contributed by atoms with Crippen LogP contribution in [0, 0.1) is 39.0 Å². The zero-order valence-electron chi connectivity index (χ0n) is 14.8. The van der Waals surface area contributed by atoms with E-state index < -0.39 is 0 Å². The van der Waals surface area contributed by atoms with E-state index in [2.05, 4.69) is 54.2 Å². The van der Waals surface area contributed by atoms with Gasteiger partial charge >= 0.3 is 0 Å². The van der Waals surface area contributed by atoms with Gasteiger partial charge in [-0.3, -0.25) is 0 Å². The Morgan fingerprint density at radius 3 is 2.54 bits per heavy atom. The Bertz CT molecular complexity index is 796. The molecule has 0 saturated carbocycles. The summed E-state index contributed by atoms with van der Waals surface area (Å²) in [5.41, 5.74) is 6.93. The number of nitriles is 1. The quantitative estimate of drug-likeness (QED) is 0.929. The molecule has 2 aromatic rings. The smallest absolute Gasteiger partial charge is 0.229 e. The van der Waals surface area contributed by atoms with Gasteiger partial charge in [0.1, 0.15) is 5.82 Å². The van der Waals surface area contributed by atoms with E-state index in [1.165, 1.54) is 22.3 Å². The van der Waals surface area contributed by atoms with Crippen LogP contribution in [-0.4, -0.2) is 23.1 Å². The van der Waals surface area contributed by atoms with Crippen LogP contribution < -0.4 is 10.2 Å². The standard InChI is InChI=1S/C19H23N5/c1-12-10-13(2)17(14(3)11-12)22-19-21-15(4)16-6-9-24(8-5-7-20)18(16)23-19/h10-11H,5-6,8-9H2,1-4H3,(H,21,22,23). The first-order chi connectivity index (χ1) is 11.5. The summed E-state index contributed by atoms with van der Waals surface area (Å²) < 4.78 is 0. The lowest BCUT2D eigenvalue weighted by Gasteiger charge is -2.18. The fourth-order valence-corrected chi connectivity index (χ4v) is 3.44. The van der Waals surface area contributed by atoms with Gasteiger partial charge in [-0.15, -0.1) is 0 Å². The number of hydrogen-bond acceptors (Lipinski definition) is 5. The number of nitrogens with one attached hydrogen (secondary N) is 1. The minimum atomic E-state index is 0.515. The second-order valence-electron chi connectivity index (χ2n) is 6.48. The molecule has 1 aliphatic rings. The highest BCUT2D eigenvalue weighted by atomic mass is 15.2. The molecule has 0 spiro atoms. The normalized spacial score (nSPS) is 12.9. The van der Waals surface area contributed by atoms with Gasteiger partial charge in [0, 0.05) is 30.0 Å². The summed E-state index contributed by atoms with van der Waals surface area (Å²) in [6.07, 6.45) is 1.47. The van der Waals surface area contributed by atoms with Crippen molar-refractivity contribution in [3.63, 3.8) is 0 Å². The van der Waals surface area contributed by atoms with E-state index in [9.17, 15) is 0 Å². The topological polar surface area (TPSA) is 64.8 Å². The van der Waals surface area contributed by atoms with E-state index in [1.54, 1.807) is 0 Å². The van der Waals surface area contributed by atoms with E-state index in [-0.39, 0.29) is 0 Å². The van der Waals surface area contributed by atoms with Crippen molar-refractivity contribution in [1.29, 1.82) is 5.26 Å². The third-order valence-electron chi connectivity index (χ3n) is 4.53. The first kappa shape index (κ1) is 16.3.